The van der Waals surface area contributed by atoms with Gasteiger partial charge in [-0.2, -0.15) is 0 Å². The van der Waals surface area contributed by atoms with E-state index in [0.29, 0.717) is 0 Å². The maximum absolute atomic E-state index is 10.1. The summed E-state index contributed by atoms with van der Waals surface area (Å²) in [5, 5.41) is -2.30. The van der Waals surface area contributed by atoms with Crippen LogP contribution in [0.4, 0.5) is 0 Å². The molecule has 0 aliphatic carbocycles. The van der Waals surface area contributed by atoms with E-state index in [1.807, 2.05) is 0 Å². The van der Waals surface area contributed by atoms with Gasteiger partial charge < -0.3 is 28.7 Å². The zero-order valence-corrected chi connectivity index (χ0v) is 7.42. The van der Waals surface area contributed by atoms with Crippen LogP contribution in [0.2, 0.25) is 0 Å². The SMILES string of the molecule is CCC(P(=O)([O-])[O-])P(=O)([O-])[O-]. The summed E-state index contributed by atoms with van der Waals surface area (Å²) in [6.07, 6.45) is -0.492. The molecule has 0 aromatic carbocycles. The molecule has 0 saturated carbocycles. The molecule has 0 spiro atoms. The fourth-order valence-electron chi connectivity index (χ4n) is 0.620. The van der Waals surface area contributed by atoms with Crippen molar-refractivity contribution in [1.29, 1.82) is 0 Å². The molecule has 68 valence electrons. The summed E-state index contributed by atoms with van der Waals surface area (Å²) in [6, 6.07) is 0. The summed E-state index contributed by atoms with van der Waals surface area (Å²) in [6.45, 7) is 1.15. The zero-order chi connectivity index (χ0) is 9.28. The van der Waals surface area contributed by atoms with Crippen LogP contribution >= 0.6 is 15.2 Å². The number of hydrogen-bond acceptors (Lipinski definition) is 6. The first kappa shape index (κ1) is 11.3. The zero-order valence-electron chi connectivity index (χ0n) is 5.63. The third-order valence-electron chi connectivity index (χ3n) is 1.10. The highest BCUT2D eigenvalue weighted by Crippen LogP contribution is 2.51. The van der Waals surface area contributed by atoms with Crippen molar-refractivity contribution in [3.63, 3.8) is 0 Å². The second-order valence-electron chi connectivity index (χ2n) is 1.97. The van der Waals surface area contributed by atoms with Crippen molar-refractivity contribution in [2.45, 2.75) is 18.7 Å². The van der Waals surface area contributed by atoms with E-state index in [9.17, 15) is 28.7 Å². The lowest BCUT2D eigenvalue weighted by atomic mass is 10.6. The summed E-state index contributed by atoms with van der Waals surface area (Å²) >= 11 is 0. The largest absolute Gasteiger partial charge is 0.810 e. The lowest BCUT2D eigenvalue weighted by molar-refractivity contribution is -0.329. The lowest BCUT2D eigenvalue weighted by Crippen LogP contribution is -2.33. The third-order valence-corrected chi connectivity index (χ3v) is 4.98. The standard InChI is InChI=1S/C3H10O6P2/c1-2-3(10(4,5)6)11(7,8)9/h3H,2H2,1H3,(H2,4,5,6)(H2,7,8,9)/p-4. The van der Waals surface area contributed by atoms with Gasteiger partial charge in [-0.15, -0.1) is 0 Å². The Hall–Kier alpha value is 0.300. The van der Waals surface area contributed by atoms with Crippen LogP contribution in [0.5, 0.6) is 0 Å². The fourth-order valence-corrected chi connectivity index (χ4v) is 2.90. The molecule has 0 aliphatic heterocycles. The molecule has 0 unspecified atom stereocenters. The predicted molar refractivity (Wildman–Crippen MR) is 29.3 cm³/mol. The topological polar surface area (TPSA) is 126 Å². The molecule has 0 aromatic rings. The molecule has 0 aliphatic rings. The molecule has 0 saturated heterocycles. The predicted octanol–water partition coefficient (Wildman–Crippen LogP) is -2.45. The molecule has 0 atom stereocenters. The first-order valence-electron chi connectivity index (χ1n) is 2.73. The van der Waals surface area contributed by atoms with Gasteiger partial charge in [0, 0.05) is 5.40 Å². The van der Waals surface area contributed by atoms with Crippen LogP contribution in [-0.2, 0) is 9.13 Å². The maximum Gasteiger partial charge on any atom is 0.0141 e. The summed E-state index contributed by atoms with van der Waals surface area (Å²) in [5.74, 6) is 0. The Morgan fingerprint density at radius 1 is 1.09 bits per heavy atom. The van der Waals surface area contributed by atoms with E-state index in [0.717, 1.165) is 6.92 Å². The molecule has 0 amide bonds. The molecular weight excluding hydrogens is 194 g/mol. The van der Waals surface area contributed by atoms with Crippen molar-refractivity contribution >= 4 is 15.2 Å². The summed E-state index contributed by atoms with van der Waals surface area (Å²) in [7, 11) is -10.6. The van der Waals surface area contributed by atoms with E-state index in [1.165, 1.54) is 0 Å². The molecule has 0 fully saturated rings. The Kier molecular flexibility index (Phi) is 3.44. The van der Waals surface area contributed by atoms with E-state index >= 15 is 0 Å². The Labute approximate surface area is 63.6 Å². The Morgan fingerprint density at radius 3 is 1.36 bits per heavy atom. The Balaban J connectivity index is 4.72. The lowest BCUT2D eigenvalue weighted by Gasteiger charge is -2.48. The molecule has 0 bridgehead atoms. The van der Waals surface area contributed by atoms with E-state index < -0.39 is 27.0 Å². The summed E-state index contributed by atoms with van der Waals surface area (Å²) in [5.41, 5.74) is 0. The van der Waals surface area contributed by atoms with Gasteiger partial charge in [0.2, 0.25) is 0 Å². The Bertz CT molecular complexity index is 190. The van der Waals surface area contributed by atoms with Crippen molar-refractivity contribution in [3.05, 3.63) is 0 Å². The average Bonchev–Trinajstić information content (AvgIpc) is 1.56. The molecule has 0 rings (SSSR count). The molecule has 0 heterocycles. The molecule has 6 nitrogen and oxygen atoms in total. The van der Waals surface area contributed by atoms with Gasteiger partial charge in [-0.25, -0.2) is 0 Å². The van der Waals surface area contributed by atoms with Gasteiger partial charge in [-0.1, -0.05) is 22.1 Å². The maximum atomic E-state index is 10.1. The summed E-state index contributed by atoms with van der Waals surface area (Å²) < 4.78 is 20.2. The van der Waals surface area contributed by atoms with Crippen LogP contribution in [0, 0.1) is 0 Å². The van der Waals surface area contributed by atoms with Gasteiger partial charge >= 0.3 is 0 Å². The highest BCUT2D eigenvalue weighted by atomic mass is 31.2. The van der Waals surface area contributed by atoms with Gasteiger partial charge in [0.25, 0.3) is 0 Å². The van der Waals surface area contributed by atoms with Crippen molar-refractivity contribution < 1.29 is 28.7 Å². The highest BCUT2D eigenvalue weighted by molar-refractivity contribution is 7.68. The molecule has 11 heavy (non-hydrogen) atoms. The van der Waals surface area contributed by atoms with Crippen molar-refractivity contribution in [2.24, 2.45) is 0 Å². The normalized spacial score (nSPS) is 14.0. The van der Waals surface area contributed by atoms with E-state index in [-0.39, 0.29) is 0 Å². The first-order valence-corrected chi connectivity index (χ1v) is 5.95. The van der Waals surface area contributed by atoms with E-state index in [2.05, 4.69) is 0 Å². The number of rotatable bonds is 3. The Morgan fingerprint density at radius 2 is 1.36 bits per heavy atom. The van der Waals surface area contributed by atoms with Crippen molar-refractivity contribution in [3.8, 4) is 0 Å². The molecule has 8 heteroatoms. The van der Waals surface area contributed by atoms with Crippen molar-refractivity contribution in [2.75, 3.05) is 0 Å². The van der Waals surface area contributed by atoms with Crippen LogP contribution in [0.25, 0.3) is 0 Å². The minimum Gasteiger partial charge on any atom is -0.810 e. The first-order chi connectivity index (χ1) is 4.69. The van der Waals surface area contributed by atoms with Crippen LogP contribution in [-0.4, -0.2) is 5.40 Å². The van der Waals surface area contributed by atoms with E-state index in [1.54, 1.807) is 0 Å². The van der Waals surface area contributed by atoms with Gasteiger partial charge in [0.15, 0.2) is 0 Å². The van der Waals surface area contributed by atoms with Gasteiger partial charge in [-0.05, 0) is 6.42 Å². The second-order valence-corrected chi connectivity index (χ2v) is 5.78. The minimum atomic E-state index is -5.29. The van der Waals surface area contributed by atoms with Crippen LogP contribution in [0.3, 0.4) is 0 Å². The molecule has 0 N–H and O–H groups in total. The molecule has 0 radical (unpaired) electrons. The van der Waals surface area contributed by atoms with Gasteiger partial charge in [-0.3, -0.25) is 0 Å². The van der Waals surface area contributed by atoms with Crippen LogP contribution in [0.15, 0.2) is 0 Å². The smallest absolute Gasteiger partial charge is 0.0141 e. The number of hydrogen-bond donors (Lipinski definition) is 0. The highest BCUT2D eigenvalue weighted by Gasteiger charge is 2.13. The average molecular weight is 200 g/mol. The van der Waals surface area contributed by atoms with Crippen LogP contribution in [0.1, 0.15) is 13.3 Å². The molecular formula is C3H6O6P2-4. The summed E-state index contributed by atoms with van der Waals surface area (Å²) in [4.78, 5) is 40.4. The van der Waals surface area contributed by atoms with E-state index in [4.69, 9.17) is 0 Å². The minimum absolute atomic E-state index is 0.492. The monoisotopic (exact) mass is 200 g/mol. The van der Waals surface area contributed by atoms with Gasteiger partial charge in [0.1, 0.15) is 0 Å². The second kappa shape index (κ2) is 3.35. The van der Waals surface area contributed by atoms with Gasteiger partial charge in [0.05, 0.1) is 0 Å². The molecule has 0 aromatic heterocycles. The quantitative estimate of drug-likeness (QED) is 0.465. The fraction of sp³-hybridized carbons (Fsp3) is 1.00. The van der Waals surface area contributed by atoms with Crippen molar-refractivity contribution in [1.82, 2.24) is 0 Å². The third kappa shape index (κ3) is 3.47. The van der Waals surface area contributed by atoms with Crippen LogP contribution < -0.4 is 19.6 Å².